The number of ether oxygens (including phenoxy) is 1. The second kappa shape index (κ2) is 7.40. The topological polar surface area (TPSA) is 49.8 Å². The molecular weight excluding hydrogens is 326 g/mol. The fourth-order valence-corrected chi connectivity index (χ4v) is 3.89. The Hall–Kier alpha value is -2.49. The Morgan fingerprint density at radius 2 is 2.00 bits per heavy atom. The highest BCUT2D eigenvalue weighted by molar-refractivity contribution is 5.78. The summed E-state index contributed by atoms with van der Waals surface area (Å²) in [5, 5.41) is 10.3. The van der Waals surface area contributed by atoms with Crippen molar-refractivity contribution in [2.45, 2.75) is 46.1 Å². The molecule has 4 heteroatoms. The first-order valence-corrected chi connectivity index (χ1v) is 9.22. The van der Waals surface area contributed by atoms with Crippen LogP contribution in [0, 0.1) is 13.8 Å². The van der Waals surface area contributed by atoms with Crippen LogP contribution in [0.4, 0.5) is 0 Å². The molecule has 1 aliphatic heterocycles. The first-order valence-electron chi connectivity index (χ1n) is 9.22. The van der Waals surface area contributed by atoms with E-state index in [9.17, 15) is 9.90 Å². The first kappa shape index (κ1) is 18.3. The van der Waals surface area contributed by atoms with Crippen LogP contribution >= 0.6 is 0 Å². The van der Waals surface area contributed by atoms with Crippen molar-refractivity contribution in [3.63, 3.8) is 0 Å². The molecule has 138 valence electrons. The fourth-order valence-electron chi connectivity index (χ4n) is 3.89. The highest BCUT2D eigenvalue weighted by Gasteiger charge is 2.33. The van der Waals surface area contributed by atoms with Crippen molar-refractivity contribution in [3.05, 3.63) is 58.1 Å². The minimum atomic E-state index is -0.171. The molecule has 1 amide bonds. The molecule has 1 unspecified atom stereocenters. The van der Waals surface area contributed by atoms with Crippen molar-refractivity contribution >= 4 is 5.91 Å². The van der Waals surface area contributed by atoms with Gasteiger partial charge in [0.2, 0.25) is 5.91 Å². The summed E-state index contributed by atoms with van der Waals surface area (Å²) in [6.07, 6.45) is 2.14. The Morgan fingerprint density at radius 1 is 1.23 bits per heavy atom. The number of hydrogen-bond donors (Lipinski definition) is 1. The third-order valence-corrected chi connectivity index (χ3v) is 5.17. The summed E-state index contributed by atoms with van der Waals surface area (Å²) in [5.74, 6) is 0.765. The van der Waals surface area contributed by atoms with E-state index >= 15 is 0 Å². The molecule has 0 saturated heterocycles. The molecule has 0 saturated carbocycles. The number of phenolic OH excluding ortho intramolecular Hbond substituents is 1. The second-order valence-electron chi connectivity index (χ2n) is 7.07. The van der Waals surface area contributed by atoms with Crippen molar-refractivity contribution in [2.24, 2.45) is 0 Å². The van der Waals surface area contributed by atoms with Crippen LogP contribution in [0.15, 0.2) is 30.3 Å². The molecule has 1 aliphatic rings. The number of carbonyl (C=O) groups is 1. The van der Waals surface area contributed by atoms with Gasteiger partial charge in [0.1, 0.15) is 0 Å². The number of fused-ring (bicyclic) bond motifs is 1. The smallest absolute Gasteiger partial charge is 0.223 e. The van der Waals surface area contributed by atoms with Crippen LogP contribution in [0.2, 0.25) is 0 Å². The molecule has 1 atom stereocenters. The van der Waals surface area contributed by atoms with E-state index in [0.29, 0.717) is 18.7 Å². The molecule has 3 rings (SSSR count). The van der Waals surface area contributed by atoms with Gasteiger partial charge in [-0.3, -0.25) is 4.79 Å². The predicted octanol–water partition coefficient (Wildman–Crippen LogP) is 4.29. The lowest BCUT2D eigenvalue weighted by Crippen LogP contribution is -2.40. The van der Waals surface area contributed by atoms with Crippen molar-refractivity contribution < 1.29 is 14.6 Å². The molecule has 1 heterocycles. The Kier molecular flexibility index (Phi) is 5.21. The highest BCUT2D eigenvalue weighted by Crippen LogP contribution is 2.41. The lowest BCUT2D eigenvalue weighted by molar-refractivity contribution is -0.133. The molecule has 2 aromatic rings. The summed E-state index contributed by atoms with van der Waals surface area (Å²) in [6.45, 7) is 6.86. The number of benzene rings is 2. The van der Waals surface area contributed by atoms with Gasteiger partial charge in [0.15, 0.2) is 11.5 Å². The summed E-state index contributed by atoms with van der Waals surface area (Å²) in [4.78, 5) is 14.8. The molecule has 0 fully saturated rings. The molecule has 0 spiro atoms. The van der Waals surface area contributed by atoms with Gasteiger partial charge in [-0.2, -0.15) is 0 Å². The van der Waals surface area contributed by atoms with E-state index in [1.807, 2.05) is 17.9 Å². The molecule has 0 radical (unpaired) electrons. The molecule has 0 bridgehead atoms. The number of methoxy groups -OCH3 is 1. The number of aryl methyl sites for hydroxylation is 2. The van der Waals surface area contributed by atoms with Crippen LogP contribution < -0.4 is 4.74 Å². The number of hydrogen-bond acceptors (Lipinski definition) is 3. The number of phenols is 1. The number of amides is 1. The maximum absolute atomic E-state index is 12.8. The van der Waals surface area contributed by atoms with E-state index in [2.05, 4.69) is 32.0 Å². The molecule has 26 heavy (non-hydrogen) atoms. The van der Waals surface area contributed by atoms with E-state index in [1.165, 1.54) is 5.56 Å². The van der Waals surface area contributed by atoms with Crippen LogP contribution in [-0.2, 0) is 11.2 Å². The van der Waals surface area contributed by atoms with Gasteiger partial charge in [-0.05, 0) is 61.1 Å². The Balaban J connectivity index is 2.16. The molecule has 0 aromatic heterocycles. The number of rotatable bonds is 4. The quantitative estimate of drug-likeness (QED) is 0.892. The summed E-state index contributed by atoms with van der Waals surface area (Å²) in [5.41, 5.74) is 5.60. The molecule has 4 nitrogen and oxygen atoms in total. The third-order valence-electron chi connectivity index (χ3n) is 5.17. The highest BCUT2D eigenvalue weighted by atomic mass is 16.5. The summed E-state index contributed by atoms with van der Waals surface area (Å²) < 4.78 is 5.27. The normalized spacial score (nSPS) is 16.3. The number of carbonyl (C=O) groups excluding carboxylic acids is 1. The largest absolute Gasteiger partial charge is 0.504 e. The van der Waals surface area contributed by atoms with Crippen molar-refractivity contribution in [3.8, 4) is 11.5 Å². The van der Waals surface area contributed by atoms with Gasteiger partial charge < -0.3 is 14.7 Å². The van der Waals surface area contributed by atoms with E-state index in [-0.39, 0.29) is 17.7 Å². The zero-order valence-corrected chi connectivity index (χ0v) is 16.0. The maximum atomic E-state index is 12.8. The zero-order chi connectivity index (χ0) is 18.8. The average molecular weight is 353 g/mol. The Labute approximate surface area is 155 Å². The summed E-state index contributed by atoms with van der Waals surface area (Å²) in [6, 6.07) is 9.84. The number of nitrogens with zero attached hydrogens (tertiary/aromatic N) is 1. The van der Waals surface area contributed by atoms with Crippen LogP contribution in [-0.4, -0.2) is 29.6 Å². The van der Waals surface area contributed by atoms with Gasteiger partial charge in [-0.25, -0.2) is 0 Å². The lowest BCUT2D eigenvalue weighted by Gasteiger charge is -2.39. The first-order chi connectivity index (χ1) is 12.5. The second-order valence-corrected chi connectivity index (χ2v) is 7.07. The molecule has 1 N–H and O–H groups in total. The van der Waals surface area contributed by atoms with Gasteiger partial charge in [-0.1, -0.05) is 30.7 Å². The fraction of sp³-hybridized carbons (Fsp3) is 0.409. The predicted molar refractivity (Wildman–Crippen MR) is 103 cm³/mol. The van der Waals surface area contributed by atoms with Gasteiger partial charge in [0.05, 0.1) is 13.2 Å². The zero-order valence-electron chi connectivity index (χ0n) is 16.0. The Bertz CT molecular complexity index is 828. The monoisotopic (exact) mass is 353 g/mol. The maximum Gasteiger partial charge on any atom is 0.223 e. The van der Waals surface area contributed by atoms with Gasteiger partial charge in [-0.15, -0.1) is 0 Å². The van der Waals surface area contributed by atoms with Crippen LogP contribution in [0.1, 0.15) is 53.6 Å². The van der Waals surface area contributed by atoms with Crippen molar-refractivity contribution in [1.82, 2.24) is 4.90 Å². The van der Waals surface area contributed by atoms with E-state index in [4.69, 9.17) is 4.74 Å². The van der Waals surface area contributed by atoms with Crippen molar-refractivity contribution in [2.75, 3.05) is 13.7 Å². The van der Waals surface area contributed by atoms with E-state index < -0.39 is 0 Å². The summed E-state index contributed by atoms with van der Waals surface area (Å²) >= 11 is 0. The lowest BCUT2D eigenvalue weighted by atomic mass is 9.85. The molecule has 2 aromatic carbocycles. The average Bonchev–Trinajstić information content (AvgIpc) is 2.61. The summed E-state index contributed by atoms with van der Waals surface area (Å²) in [7, 11) is 1.56. The minimum Gasteiger partial charge on any atom is -0.504 e. The number of aromatic hydroxyl groups is 1. The minimum absolute atomic E-state index is 0.116. The standard InChI is InChI=1S/C22H27NO3/c1-5-6-21(25)23-10-9-16-12-20(26-4)19(24)13-18(16)22(23)17-8-7-14(2)11-15(17)3/h7-8,11-13,22,24H,5-6,9-10H2,1-4H3. The van der Waals surface area contributed by atoms with Gasteiger partial charge in [0.25, 0.3) is 0 Å². The third kappa shape index (κ3) is 3.28. The van der Waals surface area contributed by atoms with Crippen LogP contribution in [0.25, 0.3) is 0 Å². The van der Waals surface area contributed by atoms with Gasteiger partial charge >= 0.3 is 0 Å². The van der Waals surface area contributed by atoms with E-state index in [0.717, 1.165) is 35.1 Å². The molecular formula is C22H27NO3. The Morgan fingerprint density at radius 3 is 2.65 bits per heavy atom. The van der Waals surface area contributed by atoms with Gasteiger partial charge in [0, 0.05) is 13.0 Å². The SMILES string of the molecule is CCCC(=O)N1CCc2cc(OC)c(O)cc2C1c1ccc(C)cc1C. The van der Waals surface area contributed by atoms with Crippen LogP contribution in [0.3, 0.4) is 0 Å². The van der Waals surface area contributed by atoms with E-state index in [1.54, 1.807) is 13.2 Å². The molecule has 0 aliphatic carbocycles. The van der Waals surface area contributed by atoms with Crippen LogP contribution in [0.5, 0.6) is 11.5 Å². The van der Waals surface area contributed by atoms with Crippen molar-refractivity contribution in [1.29, 1.82) is 0 Å².